The Balaban J connectivity index is 2.95. The van der Waals surface area contributed by atoms with Crippen LogP contribution in [0.3, 0.4) is 0 Å². The third-order valence-corrected chi connectivity index (χ3v) is 2.74. The molecule has 1 rings (SSSR count). The number of Topliss-reactive ketones (excluding diaryl/α,β-unsaturated/α-hetero) is 1. The van der Waals surface area contributed by atoms with Crippen LogP contribution in [0, 0.1) is 5.41 Å². The highest BCUT2D eigenvalue weighted by Crippen LogP contribution is 2.26. The van der Waals surface area contributed by atoms with Gasteiger partial charge in [-0.1, -0.05) is 20.8 Å². The minimum Gasteiger partial charge on any atom is -0.493 e. The van der Waals surface area contributed by atoms with Crippen LogP contribution in [0.1, 0.15) is 37.7 Å². The first-order chi connectivity index (χ1) is 8.74. The normalized spacial score (nSPS) is 11.9. The molecule has 0 aliphatic heterocycles. The number of hydrogen-bond donors (Lipinski definition) is 0. The molecule has 0 aromatic carbocycles. The van der Waals surface area contributed by atoms with E-state index in [2.05, 4.69) is 30.8 Å². The van der Waals surface area contributed by atoms with Gasteiger partial charge in [-0.15, -0.1) is 0 Å². The molecule has 0 aliphatic rings. The van der Waals surface area contributed by atoms with Crippen molar-refractivity contribution in [3.63, 3.8) is 0 Å². The first kappa shape index (κ1) is 15.7. The lowest BCUT2D eigenvalue weighted by Gasteiger charge is -2.18. The number of aromatic nitrogens is 2. The average molecular weight is 267 g/mol. The fourth-order valence-electron chi connectivity index (χ4n) is 1.83. The lowest BCUT2D eigenvalue weighted by molar-refractivity contribution is 0.0925. The fourth-order valence-corrected chi connectivity index (χ4v) is 1.83. The number of nitrogens with zero attached hydrogens (tertiary/aromatic N) is 3. The molecule has 1 aromatic heterocycles. The third-order valence-electron chi connectivity index (χ3n) is 2.74. The molecule has 108 valence electrons. The summed E-state index contributed by atoms with van der Waals surface area (Å²) in [4.78, 5) is 14.5. The Hall–Kier alpha value is -1.36. The van der Waals surface area contributed by atoms with Gasteiger partial charge in [-0.25, -0.2) is 0 Å². The minimum atomic E-state index is -0.0429. The summed E-state index contributed by atoms with van der Waals surface area (Å²) in [6.07, 6.45) is 2.10. The van der Waals surface area contributed by atoms with E-state index in [1.54, 1.807) is 18.0 Å². The average Bonchev–Trinajstić information content (AvgIpc) is 2.66. The lowest BCUT2D eigenvalue weighted by atomic mass is 9.89. The van der Waals surface area contributed by atoms with Crippen molar-refractivity contribution in [3.05, 3.63) is 11.9 Å². The summed E-state index contributed by atoms with van der Waals surface area (Å²) < 4.78 is 6.99. The molecule has 0 radical (unpaired) electrons. The van der Waals surface area contributed by atoms with Crippen molar-refractivity contribution in [2.45, 2.75) is 33.7 Å². The van der Waals surface area contributed by atoms with Crippen molar-refractivity contribution in [2.75, 3.05) is 27.7 Å². The van der Waals surface area contributed by atoms with Crippen LogP contribution >= 0.6 is 0 Å². The number of hydrogen-bond acceptors (Lipinski definition) is 4. The molecule has 19 heavy (non-hydrogen) atoms. The molecule has 0 fully saturated rings. The number of ether oxygens (including phenoxy) is 1. The molecule has 0 N–H and O–H groups in total. The molecule has 0 amide bonds. The van der Waals surface area contributed by atoms with Gasteiger partial charge in [0.2, 0.25) is 0 Å². The molecule has 5 heteroatoms. The van der Waals surface area contributed by atoms with Crippen LogP contribution in [0.25, 0.3) is 0 Å². The number of ketones is 1. The molecule has 1 aromatic rings. The zero-order valence-electron chi connectivity index (χ0n) is 12.9. The highest BCUT2D eigenvalue weighted by molar-refractivity contribution is 5.97. The second-order valence-corrected chi connectivity index (χ2v) is 6.25. The van der Waals surface area contributed by atoms with Crippen LogP contribution < -0.4 is 4.74 Å². The summed E-state index contributed by atoms with van der Waals surface area (Å²) in [6, 6.07) is 0. The van der Waals surface area contributed by atoms with Crippen molar-refractivity contribution >= 4 is 5.78 Å². The number of carbonyl (C=O) groups is 1. The Bertz CT molecular complexity index is 430. The highest BCUT2D eigenvalue weighted by atomic mass is 16.5. The van der Waals surface area contributed by atoms with E-state index in [9.17, 15) is 4.79 Å². The van der Waals surface area contributed by atoms with E-state index in [0.29, 0.717) is 24.4 Å². The molecular weight excluding hydrogens is 242 g/mol. The van der Waals surface area contributed by atoms with Crippen molar-refractivity contribution in [1.29, 1.82) is 0 Å². The Morgan fingerprint density at radius 3 is 2.53 bits per heavy atom. The van der Waals surface area contributed by atoms with Gasteiger partial charge < -0.3 is 9.64 Å². The van der Waals surface area contributed by atoms with Crippen LogP contribution in [-0.2, 0) is 6.54 Å². The van der Waals surface area contributed by atoms with Crippen molar-refractivity contribution < 1.29 is 9.53 Å². The van der Waals surface area contributed by atoms with E-state index in [-0.39, 0.29) is 11.2 Å². The topological polar surface area (TPSA) is 47.4 Å². The maximum absolute atomic E-state index is 12.4. The van der Waals surface area contributed by atoms with Crippen LogP contribution in [0.15, 0.2) is 6.20 Å². The van der Waals surface area contributed by atoms with E-state index in [1.165, 1.54) is 0 Å². The number of methoxy groups -OCH3 is 1. The maximum atomic E-state index is 12.4. The van der Waals surface area contributed by atoms with Gasteiger partial charge in [-0.2, -0.15) is 5.10 Å². The molecule has 0 aliphatic carbocycles. The summed E-state index contributed by atoms with van der Waals surface area (Å²) in [6.45, 7) is 7.68. The second-order valence-electron chi connectivity index (χ2n) is 6.25. The van der Waals surface area contributed by atoms with Gasteiger partial charge in [0.15, 0.2) is 11.5 Å². The molecule has 1 heterocycles. The largest absolute Gasteiger partial charge is 0.493 e. The fraction of sp³-hybridized carbons (Fsp3) is 0.714. The summed E-state index contributed by atoms with van der Waals surface area (Å²) in [7, 11) is 5.57. The van der Waals surface area contributed by atoms with E-state index < -0.39 is 0 Å². The van der Waals surface area contributed by atoms with E-state index in [0.717, 1.165) is 6.54 Å². The quantitative estimate of drug-likeness (QED) is 0.740. The predicted molar refractivity (Wildman–Crippen MR) is 75.7 cm³/mol. The molecule has 0 spiro atoms. The summed E-state index contributed by atoms with van der Waals surface area (Å²) in [5, 5.41) is 4.25. The van der Waals surface area contributed by atoms with Gasteiger partial charge in [-0.05, 0) is 19.5 Å². The predicted octanol–water partition coefficient (Wildman–Crippen LogP) is 2.07. The first-order valence-electron chi connectivity index (χ1n) is 6.52. The zero-order valence-corrected chi connectivity index (χ0v) is 12.9. The Morgan fingerprint density at radius 1 is 1.42 bits per heavy atom. The smallest absolute Gasteiger partial charge is 0.185 e. The molecule has 0 saturated carbocycles. The standard InChI is InChI=1S/C14H25N3O2/c1-14(2,3)9-11(18)13-12(19-6)10-15-17(13)8-7-16(4)5/h10H,7-9H2,1-6H3. The van der Waals surface area contributed by atoms with Crippen molar-refractivity contribution in [1.82, 2.24) is 14.7 Å². The van der Waals surface area contributed by atoms with Gasteiger partial charge in [-0.3, -0.25) is 9.48 Å². The minimum absolute atomic E-state index is 0.0429. The third kappa shape index (κ3) is 4.67. The lowest BCUT2D eigenvalue weighted by Crippen LogP contribution is -2.23. The molecule has 0 atom stereocenters. The zero-order chi connectivity index (χ0) is 14.6. The van der Waals surface area contributed by atoms with Crippen LogP contribution in [-0.4, -0.2) is 48.2 Å². The number of likely N-dealkylation sites (N-methyl/N-ethyl adjacent to an activating group) is 1. The van der Waals surface area contributed by atoms with Gasteiger partial charge in [0.1, 0.15) is 5.69 Å². The second kappa shape index (κ2) is 6.19. The molecule has 0 bridgehead atoms. The summed E-state index contributed by atoms with van der Waals surface area (Å²) in [5.41, 5.74) is 0.540. The Labute approximate surface area is 115 Å². The van der Waals surface area contributed by atoms with Gasteiger partial charge in [0.05, 0.1) is 19.9 Å². The van der Waals surface area contributed by atoms with Crippen LogP contribution in [0.5, 0.6) is 5.75 Å². The summed E-state index contributed by atoms with van der Waals surface area (Å²) >= 11 is 0. The Morgan fingerprint density at radius 2 is 2.05 bits per heavy atom. The SMILES string of the molecule is COc1cnn(CCN(C)C)c1C(=O)CC(C)(C)C. The van der Waals surface area contributed by atoms with Crippen molar-refractivity contribution in [2.24, 2.45) is 5.41 Å². The number of rotatable bonds is 6. The van der Waals surface area contributed by atoms with E-state index in [1.807, 2.05) is 14.1 Å². The van der Waals surface area contributed by atoms with Gasteiger partial charge in [0.25, 0.3) is 0 Å². The van der Waals surface area contributed by atoms with Gasteiger partial charge >= 0.3 is 0 Å². The van der Waals surface area contributed by atoms with Gasteiger partial charge in [0, 0.05) is 13.0 Å². The highest BCUT2D eigenvalue weighted by Gasteiger charge is 2.24. The number of carbonyl (C=O) groups excluding carboxylic acids is 1. The maximum Gasteiger partial charge on any atom is 0.185 e. The molecule has 0 saturated heterocycles. The van der Waals surface area contributed by atoms with Crippen molar-refractivity contribution in [3.8, 4) is 5.75 Å². The van der Waals surface area contributed by atoms with E-state index >= 15 is 0 Å². The van der Waals surface area contributed by atoms with E-state index in [4.69, 9.17) is 4.74 Å². The van der Waals surface area contributed by atoms with Crippen LogP contribution in [0.2, 0.25) is 0 Å². The first-order valence-corrected chi connectivity index (χ1v) is 6.52. The summed E-state index contributed by atoms with van der Waals surface area (Å²) in [5.74, 6) is 0.647. The molecule has 5 nitrogen and oxygen atoms in total. The monoisotopic (exact) mass is 267 g/mol. The molecular formula is C14H25N3O2. The van der Waals surface area contributed by atoms with Crippen LogP contribution in [0.4, 0.5) is 0 Å². The molecule has 0 unspecified atom stereocenters. The Kier molecular flexibility index (Phi) is 5.11.